The molecule has 0 saturated carbocycles. The lowest BCUT2D eigenvalue weighted by Gasteiger charge is -2.22. The number of nitrogens with zero attached hydrogens (tertiary/aromatic N) is 2. The summed E-state index contributed by atoms with van der Waals surface area (Å²) >= 11 is 0. The molecule has 0 aromatic carbocycles. The van der Waals surface area contributed by atoms with Crippen LogP contribution in [0.15, 0.2) is 0 Å². The summed E-state index contributed by atoms with van der Waals surface area (Å²) in [7, 11) is 4.19. The van der Waals surface area contributed by atoms with Crippen LogP contribution >= 0.6 is 0 Å². The van der Waals surface area contributed by atoms with Crippen LogP contribution in [0, 0.1) is 11.8 Å². The summed E-state index contributed by atoms with van der Waals surface area (Å²) in [4.78, 5) is 43.4. The molecule has 0 aromatic heterocycles. The van der Waals surface area contributed by atoms with E-state index in [0.717, 1.165) is 135 Å². The Balaban J connectivity index is 4.61. The summed E-state index contributed by atoms with van der Waals surface area (Å²) in [6.07, 6.45) is 46.0. The number of unbranched alkanes of at least 4 members (excludes halogenated alkanes) is 28. The fourth-order valence-corrected chi connectivity index (χ4v) is 9.16. The first kappa shape index (κ1) is 64.3. The van der Waals surface area contributed by atoms with Crippen LogP contribution in [0.2, 0.25) is 0 Å². The molecule has 0 aliphatic heterocycles. The molecule has 0 amide bonds. The maximum atomic E-state index is 13.0. The van der Waals surface area contributed by atoms with E-state index in [2.05, 4.69) is 51.6 Å². The van der Waals surface area contributed by atoms with Gasteiger partial charge in [0.05, 0.1) is 38.1 Å². The van der Waals surface area contributed by atoms with Crippen molar-refractivity contribution >= 4 is 17.9 Å². The van der Waals surface area contributed by atoms with Crippen molar-refractivity contribution in [2.24, 2.45) is 11.8 Å². The first-order valence-corrected chi connectivity index (χ1v) is 29.1. The zero-order valence-corrected chi connectivity index (χ0v) is 45.2. The SMILES string of the molecule is CCCCCCCCC(CCCCCC)C(=O)OCCCCCCCCN(CCCCCCCCOC(=O)C(CCCCCC)CCCCCCCC)CCC(=O)OCCCCCN(C)C. The van der Waals surface area contributed by atoms with E-state index >= 15 is 0 Å². The molecule has 2 atom stereocenters. The molecule has 0 fully saturated rings. The van der Waals surface area contributed by atoms with Crippen molar-refractivity contribution < 1.29 is 28.6 Å². The van der Waals surface area contributed by atoms with Gasteiger partial charge in [-0.25, -0.2) is 0 Å². The van der Waals surface area contributed by atoms with E-state index in [1.54, 1.807) is 0 Å². The average molecular weight is 936 g/mol. The topological polar surface area (TPSA) is 85.4 Å². The first-order chi connectivity index (χ1) is 32.3. The van der Waals surface area contributed by atoms with Gasteiger partial charge in [-0.3, -0.25) is 14.4 Å². The van der Waals surface area contributed by atoms with Crippen LogP contribution in [0.4, 0.5) is 0 Å². The van der Waals surface area contributed by atoms with Crippen molar-refractivity contribution in [3.8, 4) is 0 Å². The van der Waals surface area contributed by atoms with Gasteiger partial charge >= 0.3 is 17.9 Å². The summed E-state index contributed by atoms with van der Waals surface area (Å²) in [6, 6.07) is 0. The average Bonchev–Trinajstić information content (AvgIpc) is 3.31. The Morgan fingerprint density at radius 2 is 0.621 bits per heavy atom. The van der Waals surface area contributed by atoms with Crippen molar-refractivity contribution in [2.75, 3.05) is 60.1 Å². The summed E-state index contributed by atoms with van der Waals surface area (Å²) in [5.41, 5.74) is 0. The van der Waals surface area contributed by atoms with E-state index in [-0.39, 0.29) is 29.7 Å². The maximum absolute atomic E-state index is 13.0. The third-order valence-corrected chi connectivity index (χ3v) is 13.7. The third kappa shape index (κ3) is 44.8. The minimum absolute atomic E-state index is 0.0530. The Morgan fingerprint density at radius 1 is 0.333 bits per heavy atom. The van der Waals surface area contributed by atoms with E-state index in [0.29, 0.717) is 26.2 Å². The fourth-order valence-electron chi connectivity index (χ4n) is 9.16. The standard InChI is InChI=1S/C58H114N2O6/c1-7-11-15-19-25-34-44-54(42-32-17-13-9-3)57(62)65-52-39-29-23-21-27-37-48-60(50-46-56(61)64-51-41-31-36-47-59(5)6)49-38-28-22-24-30-40-53-66-58(63)55(43-33-18-14-10-4)45-35-26-20-16-12-8-2/h54-55H,7-53H2,1-6H3. The van der Waals surface area contributed by atoms with Crippen LogP contribution in [0.25, 0.3) is 0 Å². The lowest BCUT2D eigenvalue weighted by Crippen LogP contribution is -2.29. The van der Waals surface area contributed by atoms with Crippen LogP contribution in [-0.4, -0.2) is 87.8 Å². The summed E-state index contributed by atoms with van der Waals surface area (Å²) in [5, 5.41) is 0. The zero-order chi connectivity index (χ0) is 48.4. The second-order valence-corrected chi connectivity index (χ2v) is 20.5. The van der Waals surface area contributed by atoms with Crippen molar-refractivity contribution in [2.45, 2.75) is 285 Å². The highest BCUT2D eigenvalue weighted by molar-refractivity contribution is 5.72. The Bertz CT molecular complexity index is 977. The molecule has 0 rings (SSSR count). The Hall–Kier alpha value is -1.67. The van der Waals surface area contributed by atoms with Crippen LogP contribution in [0.3, 0.4) is 0 Å². The Morgan fingerprint density at radius 3 is 1.00 bits per heavy atom. The normalized spacial score (nSPS) is 12.5. The molecular weight excluding hydrogens is 821 g/mol. The zero-order valence-electron chi connectivity index (χ0n) is 45.2. The highest BCUT2D eigenvalue weighted by atomic mass is 16.5. The maximum Gasteiger partial charge on any atom is 0.308 e. The molecule has 8 nitrogen and oxygen atoms in total. The van der Waals surface area contributed by atoms with E-state index in [1.165, 1.54) is 141 Å². The predicted molar refractivity (Wildman–Crippen MR) is 282 cm³/mol. The Labute approximate surface area is 411 Å². The number of ether oxygens (including phenoxy) is 3. The van der Waals surface area contributed by atoms with Gasteiger partial charge in [0.2, 0.25) is 0 Å². The van der Waals surface area contributed by atoms with Crippen LogP contribution in [-0.2, 0) is 28.6 Å². The van der Waals surface area contributed by atoms with Gasteiger partial charge in [-0.15, -0.1) is 0 Å². The minimum atomic E-state index is -0.0653. The van der Waals surface area contributed by atoms with Gasteiger partial charge in [0.15, 0.2) is 0 Å². The van der Waals surface area contributed by atoms with Gasteiger partial charge in [0.25, 0.3) is 0 Å². The third-order valence-electron chi connectivity index (χ3n) is 13.7. The molecule has 0 N–H and O–H groups in total. The van der Waals surface area contributed by atoms with Crippen molar-refractivity contribution in [1.82, 2.24) is 9.80 Å². The van der Waals surface area contributed by atoms with Crippen molar-refractivity contribution in [3.63, 3.8) is 0 Å². The van der Waals surface area contributed by atoms with Crippen LogP contribution in [0.1, 0.15) is 285 Å². The molecule has 66 heavy (non-hydrogen) atoms. The van der Waals surface area contributed by atoms with Gasteiger partial charge < -0.3 is 24.0 Å². The quantitative estimate of drug-likeness (QED) is 0.0339. The van der Waals surface area contributed by atoms with Gasteiger partial charge in [0.1, 0.15) is 0 Å². The molecular formula is C58H114N2O6. The second kappa shape index (κ2) is 51.2. The molecule has 0 saturated heterocycles. The first-order valence-electron chi connectivity index (χ1n) is 29.1. The monoisotopic (exact) mass is 935 g/mol. The fraction of sp³-hybridized carbons (Fsp3) is 0.948. The molecule has 0 heterocycles. The highest BCUT2D eigenvalue weighted by Gasteiger charge is 2.20. The second-order valence-electron chi connectivity index (χ2n) is 20.5. The molecule has 0 radical (unpaired) electrons. The highest BCUT2D eigenvalue weighted by Crippen LogP contribution is 2.23. The van der Waals surface area contributed by atoms with Crippen molar-refractivity contribution in [1.29, 1.82) is 0 Å². The molecule has 0 aliphatic rings. The van der Waals surface area contributed by atoms with Crippen molar-refractivity contribution in [3.05, 3.63) is 0 Å². The van der Waals surface area contributed by atoms with Gasteiger partial charge in [-0.1, -0.05) is 207 Å². The molecule has 0 bridgehead atoms. The summed E-state index contributed by atoms with van der Waals surface area (Å²) in [6.45, 7) is 14.6. The molecule has 0 aliphatic carbocycles. The molecule has 392 valence electrons. The number of carbonyl (C=O) groups is 3. The van der Waals surface area contributed by atoms with Gasteiger partial charge in [-0.2, -0.15) is 0 Å². The predicted octanol–water partition coefficient (Wildman–Crippen LogP) is 16.4. The number of carbonyl (C=O) groups excluding carboxylic acids is 3. The Kier molecular flexibility index (Phi) is 49.9. The number of rotatable bonds is 53. The number of hydrogen-bond acceptors (Lipinski definition) is 8. The lowest BCUT2D eigenvalue weighted by molar-refractivity contribution is -0.150. The lowest BCUT2D eigenvalue weighted by atomic mass is 9.94. The van der Waals surface area contributed by atoms with E-state index in [9.17, 15) is 14.4 Å². The molecule has 8 heteroatoms. The van der Waals surface area contributed by atoms with Gasteiger partial charge in [-0.05, 0) is 104 Å². The van der Waals surface area contributed by atoms with E-state index in [4.69, 9.17) is 14.2 Å². The molecule has 0 spiro atoms. The largest absolute Gasteiger partial charge is 0.466 e. The molecule has 0 aromatic rings. The van der Waals surface area contributed by atoms with E-state index < -0.39 is 0 Å². The van der Waals surface area contributed by atoms with E-state index in [1.807, 2.05) is 0 Å². The van der Waals surface area contributed by atoms with Gasteiger partial charge in [0, 0.05) is 6.54 Å². The minimum Gasteiger partial charge on any atom is -0.466 e. The number of hydrogen-bond donors (Lipinski definition) is 0. The smallest absolute Gasteiger partial charge is 0.308 e. The van der Waals surface area contributed by atoms with Crippen LogP contribution in [0.5, 0.6) is 0 Å². The molecule has 2 unspecified atom stereocenters. The van der Waals surface area contributed by atoms with Crippen LogP contribution < -0.4 is 0 Å². The number of esters is 3. The summed E-state index contributed by atoms with van der Waals surface area (Å²) in [5.74, 6) is 0.210. The summed E-state index contributed by atoms with van der Waals surface area (Å²) < 4.78 is 17.3.